The molecule has 0 saturated carbocycles. The maximum atomic E-state index is 12.6. The van der Waals surface area contributed by atoms with Gasteiger partial charge in [-0.3, -0.25) is 4.79 Å². The molecule has 1 aliphatic heterocycles. The number of hydrogen-bond acceptors (Lipinski definition) is 3. The first-order valence-electron chi connectivity index (χ1n) is 6.56. The Labute approximate surface area is 127 Å². The van der Waals surface area contributed by atoms with Crippen LogP contribution in [0.1, 0.15) is 34.1 Å². The quantitative estimate of drug-likeness (QED) is 0.913. The fourth-order valence-corrected chi connectivity index (χ4v) is 3.67. The van der Waals surface area contributed by atoms with E-state index in [4.69, 9.17) is 17.3 Å². The summed E-state index contributed by atoms with van der Waals surface area (Å²) >= 11 is 7.46. The summed E-state index contributed by atoms with van der Waals surface area (Å²) in [6.45, 7) is 0.771. The Balaban J connectivity index is 1.90. The molecule has 0 radical (unpaired) electrons. The van der Waals surface area contributed by atoms with Gasteiger partial charge in [0, 0.05) is 11.6 Å². The van der Waals surface area contributed by atoms with Crippen molar-refractivity contribution in [3.63, 3.8) is 0 Å². The topological polar surface area (TPSA) is 46.3 Å². The standard InChI is InChI=1S/C15H15ClN2OS/c16-11-4-1-3-10(9-11)13-5-2-7-18(13)15(19)14-12(17)6-8-20-14/h1,3-4,6,8-9,13H,2,5,7,17H2. The molecule has 20 heavy (non-hydrogen) atoms. The van der Waals surface area contributed by atoms with Crippen molar-refractivity contribution in [2.75, 3.05) is 12.3 Å². The van der Waals surface area contributed by atoms with Gasteiger partial charge in [-0.2, -0.15) is 0 Å². The minimum absolute atomic E-state index is 0.0278. The predicted molar refractivity (Wildman–Crippen MR) is 83.2 cm³/mol. The second-order valence-electron chi connectivity index (χ2n) is 4.92. The highest BCUT2D eigenvalue weighted by Crippen LogP contribution is 2.35. The molecule has 5 heteroatoms. The van der Waals surface area contributed by atoms with Gasteiger partial charge < -0.3 is 10.6 Å². The Kier molecular flexibility index (Phi) is 3.68. The van der Waals surface area contributed by atoms with E-state index in [1.807, 2.05) is 34.5 Å². The van der Waals surface area contributed by atoms with Crippen LogP contribution in [0.5, 0.6) is 0 Å². The molecule has 2 heterocycles. The van der Waals surface area contributed by atoms with Crippen molar-refractivity contribution >= 4 is 34.5 Å². The molecule has 1 atom stereocenters. The fourth-order valence-electron chi connectivity index (χ4n) is 2.69. The summed E-state index contributed by atoms with van der Waals surface area (Å²) in [6, 6.07) is 9.63. The third-order valence-corrected chi connectivity index (χ3v) is 4.79. The number of thiophene rings is 1. The van der Waals surface area contributed by atoms with Gasteiger partial charge in [0.05, 0.1) is 11.7 Å². The van der Waals surface area contributed by atoms with Gasteiger partial charge in [0.2, 0.25) is 0 Å². The molecule has 1 amide bonds. The van der Waals surface area contributed by atoms with E-state index in [0.29, 0.717) is 15.6 Å². The van der Waals surface area contributed by atoms with E-state index < -0.39 is 0 Å². The molecule has 2 aromatic rings. The molecule has 1 fully saturated rings. The Morgan fingerprint density at radius 2 is 2.25 bits per heavy atom. The molecule has 1 aliphatic rings. The second-order valence-corrected chi connectivity index (χ2v) is 6.27. The molecule has 0 spiro atoms. The molecule has 1 saturated heterocycles. The Hall–Kier alpha value is -1.52. The van der Waals surface area contributed by atoms with Crippen molar-refractivity contribution in [3.8, 4) is 0 Å². The van der Waals surface area contributed by atoms with E-state index in [9.17, 15) is 4.79 Å². The number of nitrogens with zero attached hydrogens (tertiary/aromatic N) is 1. The predicted octanol–water partition coefficient (Wildman–Crippen LogP) is 3.96. The van der Waals surface area contributed by atoms with Gasteiger partial charge in [-0.25, -0.2) is 0 Å². The number of rotatable bonds is 2. The molecule has 3 nitrogen and oxygen atoms in total. The van der Waals surface area contributed by atoms with Crippen LogP contribution in [0.15, 0.2) is 35.7 Å². The lowest BCUT2D eigenvalue weighted by Crippen LogP contribution is -2.30. The normalized spacial score (nSPS) is 18.4. The highest BCUT2D eigenvalue weighted by Gasteiger charge is 2.31. The van der Waals surface area contributed by atoms with Crippen molar-refractivity contribution in [1.82, 2.24) is 4.90 Å². The highest BCUT2D eigenvalue weighted by atomic mass is 35.5. The lowest BCUT2D eigenvalue weighted by molar-refractivity contribution is 0.0741. The number of benzene rings is 1. The first kappa shape index (κ1) is 13.5. The van der Waals surface area contributed by atoms with E-state index in [1.165, 1.54) is 11.3 Å². The van der Waals surface area contributed by atoms with Crippen LogP contribution in [0, 0.1) is 0 Å². The molecular weight excluding hydrogens is 292 g/mol. The average Bonchev–Trinajstić information content (AvgIpc) is 3.06. The summed E-state index contributed by atoms with van der Waals surface area (Å²) in [6.07, 6.45) is 1.98. The van der Waals surface area contributed by atoms with E-state index in [2.05, 4.69) is 0 Å². The minimum Gasteiger partial charge on any atom is -0.397 e. The van der Waals surface area contributed by atoms with Crippen LogP contribution in [0.2, 0.25) is 5.02 Å². The fraction of sp³-hybridized carbons (Fsp3) is 0.267. The first-order chi connectivity index (χ1) is 9.66. The van der Waals surface area contributed by atoms with Crippen LogP contribution in [-0.2, 0) is 0 Å². The minimum atomic E-state index is 0.0278. The maximum Gasteiger partial charge on any atom is 0.266 e. The van der Waals surface area contributed by atoms with Crippen LogP contribution in [0.3, 0.4) is 0 Å². The van der Waals surface area contributed by atoms with Gasteiger partial charge in [0.1, 0.15) is 4.88 Å². The van der Waals surface area contributed by atoms with Crippen molar-refractivity contribution in [1.29, 1.82) is 0 Å². The Morgan fingerprint density at radius 3 is 2.95 bits per heavy atom. The summed E-state index contributed by atoms with van der Waals surface area (Å²) < 4.78 is 0. The average molecular weight is 307 g/mol. The molecule has 0 bridgehead atoms. The van der Waals surface area contributed by atoms with Crippen LogP contribution in [0.25, 0.3) is 0 Å². The van der Waals surface area contributed by atoms with Crippen LogP contribution < -0.4 is 5.73 Å². The monoisotopic (exact) mass is 306 g/mol. The number of halogens is 1. The number of anilines is 1. The zero-order chi connectivity index (χ0) is 14.1. The van der Waals surface area contributed by atoms with Crippen molar-refractivity contribution in [2.24, 2.45) is 0 Å². The molecule has 1 unspecified atom stereocenters. The highest BCUT2D eigenvalue weighted by molar-refractivity contribution is 7.12. The zero-order valence-corrected chi connectivity index (χ0v) is 12.5. The molecule has 1 aromatic heterocycles. The number of carbonyl (C=O) groups excluding carboxylic acids is 1. The number of nitrogens with two attached hydrogens (primary N) is 1. The van der Waals surface area contributed by atoms with Crippen LogP contribution in [0.4, 0.5) is 5.69 Å². The summed E-state index contributed by atoms with van der Waals surface area (Å²) in [5.74, 6) is 0.0278. The molecule has 104 valence electrons. The summed E-state index contributed by atoms with van der Waals surface area (Å²) in [5, 5.41) is 2.56. The molecule has 1 aromatic carbocycles. The third-order valence-electron chi connectivity index (χ3n) is 3.64. The summed E-state index contributed by atoms with van der Waals surface area (Å²) in [7, 11) is 0. The van der Waals surface area contributed by atoms with Crippen molar-refractivity contribution in [3.05, 3.63) is 51.2 Å². The molecule has 0 aliphatic carbocycles. The lowest BCUT2D eigenvalue weighted by Gasteiger charge is -2.25. The van der Waals surface area contributed by atoms with Gasteiger partial charge in [-0.05, 0) is 42.0 Å². The van der Waals surface area contributed by atoms with Gasteiger partial charge >= 0.3 is 0 Å². The van der Waals surface area contributed by atoms with E-state index in [1.54, 1.807) is 6.07 Å². The number of hydrogen-bond donors (Lipinski definition) is 1. The number of amides is 1. The molecule has 2 N–H and O–H groups in total. The Morgan fingerprint density at radius 1 is 1.40 bits per heavy atom. The van der Waals surface area contributed by atoms with E-state index >= 15 is 0 Å². The first-order valence-corrected chi connectivity index (χ1v) is 7.82. The van der Waals surface area contributed by atoms with Gasteiger partial charge in [0.15, 0.2) is 0 Å². The number of nitrogen functional groups attached to an aromatic ring is 1. The van der Waals surface area contributed by atoms with Crippen LogP contribution in [-0.4, -0.2) is 17.4 Å². The smallest absolute Gasteiger partial charge is 0.266 e. The number of likely N-dealkylation sites (tertiary alicyclic amines) is 1. The second kappa shape index (κ2) is 5.46. The van der Waals surface area contributed by atoms with Gasteiger partial charge in [-0.15, -0.1) is 11.3 Å². The summed E-state index contributed by atoms with van der Waals surface area (Å²) in [5.41, 5.74) is 7.52. The Bertz CT molecular complexity index is 640. The zero-order valence-electron chi connectivity index (χ0n) is 10.9. The van der Waals surface area contributed by atoms with E-state index in [-0.39, 0.29) is 11.9 Å². The van der Waals surface area contributed by atoms with E-state index in [0.717, 1.165) is 24.9 Å². The third kappa shape index (κ3) is 2.41. The molecular formula is C15H15ClN2OS. The SMILES string of the molecule is Nc1ccsc1C(=O)N1CCCC1c1cccc(Cl)c1. The number of carbonyl (C=O) groups is 1. The van der Waals surface area contributed by atoms with Gasteiger partial charge in [-0.1, -0.05) is 23.7 Å². The lowest BCUT2D eigenvalue weighted by atomic mass is 10.0. The summed E-state index contributed by atoms with van der Waals surface area (Å²) in [4.78, 5) is 15.2. The van der Waals surface area contributed by atoms with Crippen molar-refractivity contribution < 1.29 is 4.79 Å². The molecule has 3 rings (SSSR count). The van der Waals surface area contributed by atoms with Crippen molar-refractivity contribution in [2.45, 2.75) is 18.9 Å². The largest absolute Gasteiger partial charge is 0.397 e. The van der Waals surface area contributed by atoms with Crippen LogP contribution >= 0.6 is 22.9 Å². The maximum absolute atomic E-state index is 12.6. The van der Waals surface area contributed by atoms with Gasteiger partial charge in [0.25, 0.3) is 5.91 Å².